The molecule has 1 aliphatic heterocycles. The van der Waals surface area contributed by atoms with Gasteiger partial charge in [-0.05, 0) is 47.2 Å². The second-order valence-electron chi connectivity index (χ2n) is 6.56. The molecule has 1 saturated heterocycles. The van der Waals surface area contributed by atoms with Gasteiger partial charge < -0.3 is 24.4 Å². The van der Waals surface area contributed by atoms with Crippen molar-refractivity contribution < 1.29 is 24.4 Å². The first-order chi connectivity index (χ1) is 12.0. The van der Waals surface area contributed by atoms with Crippen molar-refractivity contribution >= 4 is 0 Å². The van der Waals surface area contributed by atoms with E-state index in [0.717, 1.165) is 11.1 Å². The van der Waals surface area contributed by atoms with E-state index in [9.17, 15) is 10.2 Å². The summed E-state index contributed by atoms with van der Waals surface area (Å²) in [5, 5.41) is 19.6. The van der Waals surface area contributed by atoms with Crippen LogP contribution in [0.25, 0.3) is 0 Å². The van der Waals surface area contributed by atoms with E-state index in [1.165, 1.54) is 14.2 Å². The molecule has 25 heavy (non-hydrogen) atoms. The van der Waals surface area contributed by atoms with Crippen LogP contribution in [-0.4, -0.2) is 24.4 Å². The van der Waals surface area contributed by atoms with Crippen molar-refractivity contribution in [2.75, 3.05) is 14.2 Å². The number of phenolic OH excluding ortho intramolecular Hbond substituents is 2. The molecule has 1 fully saturated rings. The van der Waals surface area contributed by atoms with E-state index in [0.29, 0.717) is 11.5 Å². The number of aromatic hydroxyl groups is 2. The Hall–Kier alpha value is -2.40. The minimum Gasteiger partial charge on any atom is -0.504 e. The number of hydrogen-bond donors (Lipinski definition) is 2. The highest BCUT2D eigenvalue weighted by Crippen LogP contribution is 2.50. The fraction of sp³-hybridized carbons (Fsp3) is 0.400. The summed E-state index contributed by atoms with van der Waals surface area (Å²) in [5.74, 6) is 1.67. The van der Waals surface area contributed by atoms with Gasteiger partial charge in [-0.15, -0.1) is 0 Å². The molecule has 0 amide bonds. The molecule has 0 aliphatic carbocycles. The topological polar surface area (TPSA) is 68.2 Å². The van der Waals surface area contributed by atoms with E-state index >= 15 is 0 Å². The maximum atomic E-state index is 9.81. The van der Waals surface area contributed by atoms with Crippen LogP contribution >= 0.6 is 0 Å². The van der Waals surface area contributed by atoms with Gasteiger partial charge >= 0.3 is 0 Å². The lowest BCUT2D eigenvalue weighted by atomic mass is 9.85. The zero-order valence-corrected chi connectivity index (χ0v) is 14.9. The summed E-state index contributed by atoms with van der Waals surface area (Å²) in [4.78, 5) is 0. The molecule has 2 aromatic carbocycles. The Morgan fingerprint density at radius 1 is 0.760 bits per heavy atom. The number of benzene rings is 2. The summed E-state index contributed by atoms with van der Waals surface area (Å²) in [7, 11) is 3.07. The maximum Gasteiger partial charge on any atom is 0.160 e. The van der Waals surface area contributed by atoms with Crippen molar-refractivity contribution in [1.82, 2.24) is 0 Å². The number of methoxy groups -OCH3 is 2. The van der Waals surface area contributed by atoms with Crippen molar-refractivity contribution in [2.24, 2.45) is 11.8 Å². The van der Waals surface area contributed by atoms with Crippen LogP contribution in [0.1, 0.15) is 37.2 Å². The third kappa shape index (κ3) is 3.12. The van der Waals surface area contributed by atoms with Crippen LogP contribution in [0.15, 0.2) is 36.4 Å². The minimum absolute atomic E-state index is 0.103. The zero-order valence-electron chi connectivity index (χ0n) is 14.9. The van der Waals surface area contributed by atoms with Crippen molar-refractivity contribution in [1.29, 1.82) is 0 Å². The molecule has 5 nitrogen and oxygen atoms in total. The summed E-state index contributed by atoms with van der Waals surface area (Å²) < 4.78 is 16.8. The molecular weight excluding hydrogens is 320 g/mol. The van der Waals surface area contributed by atoms with Gasteiger partial charge in [0.05, 0.1) is 26.4 Å². The van der Waals surface area contributed by atoms with Gasteiger partial charge in [-0.25, -0.2) is 0 Å². The van der Waals surface area contributed by atoms with Gasteiger partial charge in [-0.1, -0.05) is 26.0 Å². The lowest BCUT2D eigenvalue weighted by Gasteiger charge is -2.18. The van der Waals surface area contributed by atoms with E-state index in [1.54, 1.807) is 12.1 Å². The number of phenols is 2. The van der Waals surface area contributed by atoms with E-state index in [4.69, 9.17) is 14.2 Å². The quantitative estimate of drug-likeness (QED) is 0.870. The van der Waals surface area contributed by atoms with Crippen molar-refractivity contribution in [3.63, 3.8) is 0 Å². The van der Waals surface area contributed by atoms with Crippen LogP contribution in [0.4, 0.5) is 0 Å². The highest BCUT2D eigenvalue weighted by molar-refractivity contribution is 5.44. The molecule has 2 N–H and O–H groups in total. The molecule has 0 saturated carbocycles. The third-order valence-corrected chi connectivity index (χ3v) is 5.14. The van der Waals surface area contributed by atoms with Crippen molar-refractivity contribution in [3.05, 3.63) is 47.5 Å². The van der Waals surface area contributed by atoms with Gasteiger partial charge in [0, 0.05) is 0 Å². The van der Waals surface area contributed by atoms with Crippen LogP contribution < -0.4 is 9.47 Å². The summed E-state index contributed by atoms with van der Waals surface area (Å²) in [6.07, 6.45) is -0.205. The van der Waals surface area contributed by atoms with Gasteiger partial charge in [0.2, 0.25) is 0 Å². The molecule has 0 bridgehead atoms. The number of rotatable bonds is 4. The monoisotopic (exact) mass is 344 g/mol. The SMILES string of the molecule is COc1cc(C2O[C@@H](c3ccc(O)c(OC)c3)[C@H](C)[C@@H]2C)ccc1O. The summed E-state index contributed by atoms with van der Waals surface area (Å²) in [6, 6.07) is 10.6. The molecule has 0 radical (unpaired) electrons. The van der Waals surface area contributed by atoms with Crippen LogP contribution in [0.5, 0.6) is 23.0 Å². The first-order valence-corrected chi connectivity index (χ1v) is 8.35. The summed E-state index contributed by atoms with van der Waals surface area (Å²) >= 11 is 0. The maximum absolute atomic E-state index is 9.81. The number of hydrogen-bond acceptors (Lipinski definition) is 5. The van der Waals surface area contributed by atoms with Crippen molar-refractivity contribution in [2.45, 2.75) is 26.1 Å². The first-order valence-electron chi connectivity index (χ1n) is 8.35. The predicted octanol–water partition coefficient (Wildman–Crippen LogP) is 4.20. The molecule has 0 aromatic heterocycles. The lowest BCUT2D eigenvalue weighted by molar-refractivity contribution is 0.0288. The molecular formula is C20H24O5. The molecule has 2 aromatic rings. The van der Waals surface area contributed by atoms with Crippen molar-refractivity contribution in [3.8, 4) is 23.0 Å². The minimum atomic E-state index is -0.103. The molecule has 0 spiro atoms. The van der Waals surface area contributed by atoms with Gasteiger partial charge in [-0.3, -0.25) is 0 Å². The fourth-order valence-corrected chi connectivity index (χ4v) is 3.46. The molecule has 1 unspecified atom stereocenters. The highest BCUT2D eigenvalue weighted by atomic mass is 16.5. The molecule has 5 heteroatoms. The number of ether oxygens (including phenoxy) is 3. The van der Waals surface area contributed by atoms with E-state index < -0.39 is 0 Å². The van der Waals surface area contributed by atoms with E-state index in [2.05, 4.69) is 13.8 Å². The molecule has 4 atom stereocenters. The van der Waals surface area contributed by atoms with Gasteiger partial charge in [0.25, 0.3) is 0 Å². The Balaban J connectivity index is 1.91. The standard InChI is InChI=1S/C20H24O5/c1-11-12(2)20(14-6-8-16(22)18(10-14)24-4)25-19(11)13-5-7-15(21)17(9-13)23-3/h5-12,19-22H,1-4H3/t11-,12+,19-,20?/m1/s1. The summed E-state index contributed by atoms with van der Waals surface area (Å²) in [5.41, 5.74) is 1.95. The van der Waals surface area contributed by atoms with E-state index in [1.807, 2.05) is 24.3 Å². The Morgan fingerprint density at radius 3 is 1.52 bits per heavy atom. The Kier molecular flexibility index (Phi) is 4.77. The second kappa shape index (κ2) is 6.84. The Labute approximate surface area is 147 Å². The fourth-order valence-electron chi connectivity index (χ4n) is 3.46. The van der Waals surface area contributed by atoms with Crippen LogP contribution in [-0.2, 0) is 4.74 Å². The second-order valence-corrected chi connectivity index (χ2v) is 6.56. The summed E-state index contributed by atoms with van der Waals surface area (Å²) in [6.45, 7) is 4.32. The van der Waals surface area contributed by atoms with Crippen LogP contribution in [0.3, 0.4) is 0 Å². The Bertz CT molecular complexity index is 694. The molecule has 1 heterocycles. The lowest BCUT2D eigenvalue weighted by Crippen LogP contribution is -2.10. The molecule has 1 aliphatic rings. The van der Waals surface area contributed by atoms with Gasteiger partial charge in [0.1, 0.15) is 0 Å². The smallest absolute Gasteiger partial charge is 0.160 e. The average molecular weight is 344 g/mol. The van der Waals surface area contributed by atoms with Crippen LogP contribution in [0.2, 0.25) is 0 Å². The molecule has 134 valence electrons. The highest BCUT2D eigenvalue weighted by Gasteiger charge is 2.41. The Morgan fingerprint density at radius 2 is 1.16 bits per heavy atom. The van der Waals surface area contributed by atoms with E-state index in [-0.39, 0.29) is 35.5 Å². The molecule has 3 rings (SSSR count). The average Bonchev–Trinajstić information content (AvgIpc) is 2.91. The largest absolute Gasteiger partial charge is 0.504 e. The first kappa shape index (κ1) is 17.4. The van der Waals surface area contributed by atoms with Gasteiger partial charge in [-0.2, -0.15) is 0 Å². The zero-order chi connectivity index (χ0) is 18.1. The third-order valence-electron chi connectivity index (χ3n) is 5.14. The van der Waals surface area contributed by atoms with Gasteiger partial charge in [0.15, 0.2) is 23.0 Å². The van der Waals surface area contributed by atoms with Crippen LogP contribution in [0, 0.1) is 11.8 Å². The normalized spacial score (nSPS) is 25.8. The predicted molar refractivity (Wildman–Crippen MR) is 94.2 cm³/mol.